The van der Waals surface area contributed by atoms with Crippen LogP contribution in [0.2, 0.25) is 0 Å². The van der Waals surface area contributed by atoms with Gasteiger partial charge in [-0.15, -0.1) is 0 Å². The Hall–Kier alpha value is -1.06. The van der Waals surface area contributed by atoms with E-state index in [9.17, 15) is 4.79 Å². The van der Waals surface area contributed by atoms with Gasteiger partial charge in [-0.25, -0.2) is 0 Å². The lowest BCUT2D eigenvalue weighted by molar-refractivity contribution is -0.137. The molecule has 0 rings (SSSR count). The van der Waals surface area contributed by atoms with Gasteiger partial charge in [-0.2, -0.15) is 0 Å². The highest BCUT2D eigenvalue weighted by Gasteiger charge is 2.08. The number of unbranched alkanes of at least 4 members (excludes halogenated alkanes) is 2. The fraction of sp³-hybridized carbons (Fsp3) is 0.833. The second kappa shape index (κ2) is 9.19. The van der Waals surface area contributed by atoms with Crippen molar-refractivity contribution in [1.29, 1.82) is 0 Å². The van der Waals surface area contributed by atoms with Gasteiger partial charge in [0.15, 0.2) is 0 Å². The van der Waals surface area contributed by atoms with Gasteiger partial charge in [-0.3, -0.25) is 9.59 Å². The first-order valence-electron chi connectivity index (χ1n) is 5.56. The fourth-order valence-corrected chi connectivity index (χ4v) is 1.11. The van der Waals surface area contributed by atoms with Crippen molar-refractivity contribution in [3.63, 3.8) is 0 Å². The van der Waals surface area contributed by atoms with E-state index in [1.807, 2.05) is 0 Å². The van der Waals surface area contributed by atoms with Crippen LogP contribution in [0, 0.1) is 5.41 Å². The minimum atomic E-state index is -0.833. The predicted octanol–water partition coefficient (Wildman–Crippen LogP) is 3.16. The lowest BCUT2D eigenvalue weighted by Gasteiger charge is -2.17. The molecule has 0 aliphatic rings. The van der Waals surface area contributed by atoms with E-state index in [1.165, 1.54) is 6.42 Å². The van der Waals surface area contributed by atoms with E-state index in [4.69, 9.17) is 15.0 Å². The smallest absolute Gasteiger partial charge is 0.303 e. The van der Waals surface area contributed by atoms with Crippen molar-refractivity contribution in [3.05, 3.63) is 0 Å². The minimum absolute atomic E-state index is 0.324. The highest BCUT2D eigenvalue weighted by Crippen LogP contribution is 2.22. The van der Waals surface area contributed by atoms with Crippen molar-refractivity contribution in [3.8, 4) is 0 Å². The monoisotopic (exact) mass is 232 g/mol. The first-order chi connectivity index (χ1) is 7.15. The summed E-state index contributed by atoms with van der Waals surface area (Å²) in [4.78, 5) is 19.2. The Morgan fingerprint density at radius 2 is 1.44 bits per heavy atom. The van der Waals surface area contributed by atoms with E-state index in [1.54, 1.807) is 0 Å². The van der Waals surface area contributed by atoms with Crippen LogP contribution < -0.4 is 0 Å². The average molecular weight is 232 g/mol. The molecular weight excluding hydrogens is 208 g/mol. The highest BCUT2D eigenvalue weighted by molar-refractivity contribution is 5.66. The van der Waals surface area contributed by atoms with Crippen LogP contribution in [0.25, 0.3) is 0 Å². The van der Waals surface area contributed by atoms with Crippen LogP contribution in [-0.2, 0) is 9.59 Å². The van der Waals surface area contributed by atoms with Gasteiger partial charge in [0.25, 0.3) is 5.97 Å². The molecule has 4 heteroatoms. The van der Waals surface area contributed by atoms with Crippen LogP contribution >= 0.6 is 0 Å². The Bertz CT molecular complexity index is 200. The summed E-state index contributed by atoms with van der Waals surface area (Å²) in [6.07, 6.45) is 4.53. The summed E-state index contributed by atoms with van der Waals surface area (Å²) in [5.41, 5.74) is 0.392. The molecule has 0 aliphatic carbocycles. The second-order valence-electron chi connectivity index (χ2n) is 5.03. The van der Waals surface area contributed by atoms with Crippen LogP contribution in [0.1, 0.15) is 59.8 Å². The van der Waals surface area contributed by atoms with Crippen molar-refractivity contribution in [2.75, 3.05) is 0 Å². The van der Waals surface area contributed by atoms with Crippen LogP contribution in [0.3, 0.4) is 0 Å². The molecule has 0 aromatic heterocycles. The van der Waals surface area contributed by atoms with E-state index in [0.29, 0.717) is 11.8 Å². The summed E-state index contributed by atoms with van der Waals surface area (Å²) in [7, 11) is 0. The summed E-state index contributed by atoms with van der Waals surface area (Å²) in [5, 5.41) is 15.8. The molecule has 0 heterocycles. The van der Waals surface area contributed by atoms with Gasteiger partial charge in [-0.05, 0) is 18.3 Å². The average Bonchev–Trinajstić information content (AvgIpc) is 1.99. The van der Waals surface area contributed by atoms with Crippen molar-refractivity contribution < 1.29 is 19.8 Å². The molecule has 0 saturated carbocycles. The van der Waals surface area contributed by atoms with Crippen LogP contribution in [-0.4, -0.2) is 22.2 Å². The van der Waals surface area contributed by atoms with Gasteiger partial charge in [-0.1, -0.05) is 33.6 Å². The molecule has 0 spiro atoms. The van der Waals surface area contributed by atoms with Crippen LogP contribution in [0.15, 0.2) is 0 Å². The van der Waals surface area contributed by atoms with E-state index < -0.39 is 11.9 Å². The molecule has 0 fully saturated rings. The number of rotatable bonds is 5. The normalized spacial score (nSPS) is 10.2. The summed E-state index contributed by atoms with van der Waals surface area (Å²) in [6.45, 7) is 7.72. The highest BCUT2D eigenvalue weighted by atomic mass is 16.4. The van der Waals surface area contributed by atoms with Crippen LogP contribution in [0.4, 0.5) is 0 Å². The number of carboxylic acid groups (broad SMARTS) is 2. The molecule has 0 saturated heterocycles. The van der Waals surface area contributed by atoms with Gasteiger partial charge in [0.2, 0.25) is 0 Å². The van der Waals surface area contributed by atoms with Gasteiger partial charge in [0, 0.05) is 13.3 Å². The van der Waals surface area contributed by atoms with E-state index >= 15 is 0 Å². The Balaban J connectivity index is 0. The third kappa shape index (κ3) is 29.3. The first kappa shape index (κ1) is 17.3. The van der Waals surface area contributed by atoms with Gasteiger partial charge in [0.1, 0.15) is 0 Å². The Labute approximate surface area is 97.7 Å². The van der Waals surface area contributed by atoms with E-state index in [-0.39, 0.29) is 0 Å². The maximum Gasteiger partial charge on any atom is 0.303 e. The Morgan fingerprint density at radius 3 is 1.75 bits per heavy atom. The number of hydrogen-bond acceptors (Lipinski definition) is 2. The third-order valence-electron chi connectivity index (χ3n) is 1.82. The molecule has 4 nitrogen and oxygen atoms in total. The maximum absolute atomic E-state index is 10.2. The molecule has 16 heavy (non-hydrogen) atoms. The molecule has 0 bridgehead atoms. The Morgan fingerprint density at radius 1 is 1.00 bits per heavy atom. The van der Waals surface area contributed by atoms with E-state index in [2.05, 4.69) is 20.8 Å². The number of hydrogen-bond donors (Lipinski definition) is 2. The molecular formula is C12H24O4. The number of carbonyl (C=O) groups is 2. The summed E-state index contributed by atoms with van der Waals surface area (Å²) >= 11 is 0. The molecule has 0 aliphatic heterocycles. The first-order valence-corrected chi connectivity index (χ1v) is 5.56. The van der Waals surface area contributed by atoms with E-state index in [0.717, 1.165) is 26.2 Å². The van der Waals surface area contributed by atoms with Crippen molar-refractivity contribution >= 4 is 11.9 Å². The summed E-state index contributed by atoms with van der Waals surface area (Å²) in [5.74, 6) is -1.51. The standard InChI is InChI=1S/C10H20O2.C2H4O2/c1-10(2,3)8-6-4-5-7-9(11)12;1-2(3)4/h4-8H2,1-3H3,(H,11,12);1H3,(H,3,4). The quantitative estimate of drug-likeness (QED) is 0.714. The number of aliphatic carboxylic acids is 2. The summed E-state index contributed by atoms with van der Waals surface area (Å²) in [6, 6.07) is 0. The largest absolute Gasteiger partial charge is 0.481 e. The van der Waals surface area contributed by atoms with Gasteiger partial charge >= 0.3 is 5.97 Å². The predicted molar refractivity (Wildman–Crippen MR) is 63.5 cm³/mol. The lowest BCUT2D eigenvalue weighted by Crippen LogP contribution is -2.04. The topological polar surface area (TPSA) is 74.6 Å². The molecule has 96 valence electrons. The maximum atomic E-state index is 10.2. The van der Waals surface area contributed by atoms with Crippen molar-refractivity contribution in [2.45, 2.75) is 59.8 Å². The molecule has 2 N–H and O–H groups in total. The minimum Gasteiger partial charge on any atom is -0.481 e. The fourth-order valence-electron chi connectivity index (χ4n) is 1.11. The van der Waals surface area contributed by atoms with Crippen molar-refractivity contribution in [1.82, 2.24) is 0 Å². The summed E-state index contributed by atoms with van der Waals surface area (Å²) < 4.78 is 0. The lowest BCUT2D eigenvalue weighted by atomic mass is 9.89. The molecule has 0 amide bonds. The molecule has 0 aromatic rings. The van der Waals surface area contributed by atoms with Crippen LogP contribution in [0.5, 0.6) is 0 Å². The van der Waals surface area contributed by atoms with Gasteiger partial charge < -0.3 is 10.2 Å². The Kier molecular flexibility index (Phi) is 9.96. The second-order valence-corrected chi connectivity index (χ2v) is 5.03. The molecule has 0 aromatic carbocycles. The molecule has 0 radical (unpaired) electrons. The zero-order chi connectivity index (χ0) is 13.2. The molecule has 0 atom stereocenters. The van der Waals surface area contributed by atoms with Crippen molar-refractivity contribution in [2.24, 2.45) is 5.41 Å². The molecule has 0 unspecified atom stereocenters. The zero-order valence-electron chi connectivity index (χ0n) is 10.7. The number of carboxylic acids is 2. The SMILES string of the molecule is CC(=O)O.CC(C)(C)CCCCCC(=O)O. The third-order valence-corrected chi connectivity index (χ3v) is 1.82. The van der Waals surface area contributed by atoms with Gasteiger partial charge in [0.05, 0.1) is 0 Å². The zero-order valence-corrected chi connectivity index (χ0v) is 10.7.